The van der Waals surface area contributed by atoms with E-state index in [1.54, 1.807) is 24.0 Å². The molecule has 1 aromatic heterocycles. The Kier molecular flexibility index (Phi) is 5.10. The first-order valence-electron chi connectivity index (χ1n) is 4.92. The van der Waals surface area contributed by atoms with E-state index in [1.165, 1.54) is 0 Å². The molecule has 0 aliphatic carbocycles. The summed E-state index contributed by atoms with van der Waals surface area (Å²) in [6.07, 6.45) is 4.27. The van der Waals surface area contributed by atoms with Crippen LogP contribution < -0.4 is 5.32 Å². The number of carbonyl (C=O) groups is 1. The lowest BCUT2D eigenvalue weighted by Crippen LogP contribution is -2.31. The van der Waals surface area contributed by atoms with Gasteiger partial charge in [-0.15, -0.1) is 16.7 Å². The fraction of sp³-hybridized carbons (Fsp3) is 0.667. The molecule has 5 nitrogen and oxygen atoms in total. The number of hydrogen-bond acceptors (Lipinski definition) is 3. The highest BCUT2D eigenvalue weighted by Gasteiger charge is 2.09. The number of amides is 1. The van der Waals surface area contributed by atoms with E-state index < -0.39 is 0 Å². The molecule has 0 aliphatic heterocycles. The minimum absolute atomic E-state index is 0.00332. The molecule has 6 heteroatoms. The molecule has 1 aromatic rings. The van der Waals surface area contributed by atoms with Gasteiger partial charge in [-0.05, 0) is 6.42 Å². The molecule has 1 heterocycles. The quantitative estimate of drug-likeness (QED) is 0.577. The number of nitrogens with zero attached hydrogens (tertiary/aromatic N) is 3. The van der Waals surface area contributed by atoms with E-state index in [2.05, 4.69) is 15.6 Å². The van der Waals surface area contributed by atoms with Gasteiger partial charge in [0.05, 0.1) is 6.20 Å². The van der Waals surface area contributed by atoms with Crippen LogP contribution in [0, 0.1) is 5.92 Å². The predicted molar refractivity (Wildman–Crippen MR) is 57.5 cm³/mol. The summed E-state index contributed by atoms with van der Waals surface area (Å²) in [5, 5.41) is 10.3. The van der Waals surface area contributed by atoms with Crippen LogP contribution in [0.5, 0.6) is 0 Å². The van der Waals surface area contributed by atoms with Crippen LogP contribution in [0.1, 0.15) is 13.3 Å². The molecule has 0 aromatic carbocycles. The van der Waals surface area contributed by atoms with Gasteiger partial charge < -0.3 is 5.32 Å². The number of hydrogen-bond donors (Lipinski definition) is 1. The van der Waals surface area contributed by atoms with Crippen molar-refractivity contribution in [3.8, 4) is 0 Å². The normalized spacial score (nSPS) is 12.4. The molecule has 0 saturated heterocycles. The van der Waals surface area contributed by atoms with Crippen LogP contribution >= 0.6 is 11.6 Å². The molecule has 0 spiro atoms. The Balaban J connectivity index is 2.09. The zero-order valence-corrected chi connectivity index (χ0v) is 9.44. The zero-order chi connectivity index (χ0) is 11.1. The van der Waals surface area contributed by atoms with Gasteiger partial charge in [-0.1, -0.05) is 12.1 Å². The molecule has 1 atom stereocenters. The maximum atomic E-state index is 11.3. The van der Waals surface area contributed by atoms with E-state index in [0.717, 1.165) is 13.0 Å². The van der Waals surface area contributed by atoms with Gasteiger partial charge in [-0.2, -0.15) is 0 Å². The Bertz CT molecular complexity index is 288. The van der Waals surface area contributed by atoms with Gasteiger partial charge in [-0.25, -0.2) is 0 Å². The molecular formula is C9H15ClN4O. The first kappa shape index (κ1) is 12.0. The zero-order valence-electron chi connectivity index (χ0n) is 8.69. The van der Waals surface area contributed by atoms with Crippen molar-refractivity contribution in [3.05, 3.63) is 12.4 Å². The largest absolute Gasteiger partial charge is 0.356 e. The van der Waals surface area contributed by atoms with E-state index >= 15 is 0 Å². The summed E-state index contributed by atoms with van der Waals surface area (Å²) >= 11 is 5.56. The summed E-state index contributed by atoms with van der Waals surface area (Å²) in [4.78, 5) is 11.3. The third-order valence-corrected chi connectivity index (χ3v) is 2.48. The van der Waals surface area contributed by atoms with Crippen molar-refractivity contribution in [2.45, 2.75) is 19.9 Å². The van der Waals surface area contributed by atoms with E-state index in [9.17, 15) is 4.79 Å². The molecule has 1 rings (SSSR count). The van der Waals surface area contributed by atoms with Crippen LogP contribution in [0.2, 0.25) is 0 Å². The van der Waals surface area contributed by atoms with Crippen LogP contribution in [0.4, 0.5) is 0 Å². The Hall–Kier alpha value is -1.10. The van der Waals surface area contributed by atoms with Crippen molar-refractivity contribution in [2.24, 2.45) is 5.92 Å². The summed E-state index contributed by atoms with van der Waals surface area (Å²) < 4.78 is 1.73. The fourth-order valence-corrected chi connectivity index (χ4v) is 1.19. The van der Waals surface area contributed by atoms with Crippen molar-refractivity contribution < 1.29 is 4.79 Å². The van der Waals surface area contributed by atoms with Crippen molar-refractivity contribution in [1.29, 1.82) is 0 Å². The average molecular weight is 231 g/mol. The van der Waals surface area contributed by atoms with Crippen LogP contribution in [0.3, 0.4) is 0 Å². The summed E-state index contributed by atoms with van der Waals surface area (Å²) in [5.74, 6) is 0.233. The second-order valence-electron chi connectivity index (χ2n) is 3.37. The highest BCUT2D eigenvalue weighted by Crippen LogP contribution is 1.97. The maximum absolute atomic E-state index is 11.3. The van der Waals surface area contributed by atoms with Crippen LogP contribution in [-0.4, -0.2) is 33.3 Å². The molecule has 0 aliphatic rings. The lowest BCUT2D eigenvalue weighted by Gasteiger charge is -2.08. The Morgan fingerprint density at radius 1 is 1.67 bits per heavy atom. The van der Waals surface area contributed by atoms with Crippen molar-refractivity contribution in [3.63, 3.8) is 0 Å². The van der Waals surface area contributed by atoms with Crippen LogP contribution in [-0.2, 0) is 11.3 Å². The van der Waals surface area contributed by atoms with Gasteiger partial charge in [0.1, 0.15) is 0 Å². The van der Waals surface area contributed by atoms with Gasteiger partial charge in [0.15, 0.2) is 0 Å². The molecule has 1 amide bonds. The number of nitrogens with one attached hydrogen (secondary N) is 1. The Morgan fingerprint density at radius 2 is 2.47 bits per heavy atom. The highest BCUT2D eigenvalue weighted by molar-refractivity contribution is 6.19. The predicted octanol–water partition coefficient (Wildman–Crippen LogP) is 0.659. The smallest absolute Gasteiger partial charge is 0.224 e. The second kappa shape index (κ2) is 6.40. The van der Waals surface area contributed by atoms with Gasteiger partial charge in [-0.3, -0.25) is 9.48 Å². The molecule has 0 radical (unpaired) electrons. The molecule has 0 bridgehead atoms. The molecule has 15 heavy (non-hydrogen) atoms. The maximum Gasteiger partial charge on any atom is 0.224 e. The minimum Gasteiger partial charge on any atom is -0.356 e. The standard InChI is InChI=1S/C9H15ClN4O/c1-8(7-10)9(15)11-3-2-5-14-6-4-12-13-14/h4,6,8H,2-3,5,7H2,1H3,(H,11,15). The summed E-state index contributed by atoms with van der Waals surface area (Å²) in [7, 11) is 0. The van der Waals surface area contributed by atoms with Gasteiger partial charge in [0.2, 0.25) is 5.91 Å². The van der Waals surface area contributed by atoms with E-state index in [-0.39, 0.29) is 11.8 Å². The number of aromatic nitrogens is 3. The van der Waals surface area contributed by atoms with Crippen molar-refractivity contribution >= 4 is 17.5 Å². The minimum atomic E-state index is -0.127. The van der Waals surface area contributed by atoms with E-state index in [1.807, 2.05) is 0 Å². The number of aryl methyl sites for hydroxylation is 1. The number of alkyl halides is 1. The second-order valence-corrected chi connectivity index (χ2v) is 3.67. The first-order chi connectivity index (χ1) is 7.24. The lowest BCUT2D eigenvalue weighted by atomic mass is 10.2. The highest BCUT2D eigenvalue weighted by atomic mass is 35.5. The Labute approximate surface area is 93.8 Å². The SMILES string of the molecule is CC(CCl)C(=O)NCCCn1ccnn1. The number of rotatable bonds is 6. The van der Waals surface area contributed by atoms with E-state index in [4.69, 9.17) is 11.6 Å². The van der Waals surface area contributed by atoms with Crippen molar-refractivity contribution in [2.75, 3.05) is 12.4 Å². The molecule has 0 saturated carbocycles. The fourth-order valence-electron chi connectivity index (χ4n) is 1.05. The molecular weight excluding hydrogens is 216 g/mol. The van der Waals surface area contributed by atoms with Crippen LogP contribution in [0.15, 0.2) is 12.4 Å². The lowest BCUT2D eigenvalue weighted by molar-refractivity contribution is -0.123. The average Bonchev–Trinajstić information content (AvgIpc) is 2.75. The third-order valence-electron chi connectivity index (χ3n) is 2.01. The Morgan fingerprint density at radius 3 is 3.07 bits per heavy atom. The summed E-state index contributed by atoms with van der Waals surface area (Å²) in [6, 6.07) is 0. The number of halogens is 1. The topological polar surface area (TPSA) is 59.8 Å². The van der Waals surface area contributed by atoms with Gasteiger partial charge >= 0.3 is 0 Å². The molecule has 1 N–H and O–H groups in total. The van der Waals surface area contributed by atoms with Crippen molar-refractivity contribution in [1.82, 2.24) is 20.3 Å². The summed E-state index contributed by atoms with van der Waals surface area (Å²) in [6.45, 7) is 3.20. The van der Waals surface area contributed by atoms with Crippen LogP contribution in [0.25, 0.3) is 0 Å². The third kappa shape index (κ3) is 4.29. The molecule has 84 valence electrons. The molecule has 0 fully saturated rings. The van der Waals surface area contributed by atoms with Gasteiger partial charge in [0.25, 0.3) is 0 Å². The van der Waals surface area contributed by atoms with Gasteiger partial charge in [0, 0.05) is 31.1 Å². The molecule has 1 unspecified atom stereocenters. The number of carbonyl (C=O) groups excluding carboxylic acids is 1. The van der Waals surface area contributed by atoms with E-state index in [0.29, 0.717) is 12.4 Å². The monoisotopic (exact) mass is 230 g/mol. The summed E-state index contributed by atoms with van der Waals surface area (Å²) in [5.41, 5.74) is 0. The first-order valence-corrected chi connectivity index (χ1v) is 5.45.